The van der Waals surface area contributed by atoms with Crippen molar-refractivity contribution in [2.24, 2.45) is 0 Å². The van der Waals surface area contributed by atoms with Crippen LogP contribution in [0.1, 0.15) is 30.9 Å². The molecule has 106 valence electrons. The zero-order valence-corrected chi connectivity index (χ0v) is 12.4. The lowest BCUT2D eigenvalue weighted by Gasteiger charge is -2.30. The van der Waals surface area contributed by atoms with Gasteiger partial charge in [0.15, 0.2) is 0 Å². The normalized spacial score (nSPS) is 22.4. The third-order valence-corrected chi connectivity index (χ3v) is 4.10. The van der Waals surface area contributed by atoms with E-state index >= 15 is 0 Å². The lowest BCUT2D eigenvalue weighted by atomic mass is 10.1. The van der Waals surface area contributed by atoms with Crippen molar-refractivity contribution in [1.29, 1.82) is 0 Å². The monoisotopic (exact) mass is 262 g/mol. The van der Waals surface area contributed by atoms with Gasteiger partial charge in [-0.1, -0.05) is 24.6 Å². The Labute approximate surface area is 116 Å². The van der Waals surface area contributed by atoms with E-state index in [2.05, 4.69) is 36.8 Å². The van der Waals surface area contributed by atoms with E-state index < -0.39 is 0 Å². The third-order valence-electron chi connectivity index (χ3n) is 4.10. The van der Waals surface area contributed by atoms with E-state index in [1.807, 2.05) is 12.1 Å². The smallest absolute Gasteiger partial charge is 0.120 e. The maximum atomic E-state index is 10.0. The average Bonchev–Trinajstić information content (AvgIpc) is 2.55. The predicted octanol–water partition coefficient (Wildman–Crippen LogP) is 2.62. The van der Waals surface area contributed by atoms with Crippen molar-refractivity contribution in [2.75, 3.05) is 26.7 Å². The quantitative estimate of drug-likeness (QED) is 0.907. The second-order valence-electron chi connectivity index (χ2n) is 5.78. The Kier molecular flexibility index (Phi) is 4.83. The van der Waals surface area contributed by atoms with Gasteiger partial charge in [-0.25, -0.2) is 0 Å². The number of benzene rings is 1. The zero-order valence-electron chi connectivity index (χ0n) is 12.4. The summed E-state index contributed by atoms with van der Waals surface area (Å²) in [5.74, 6) is 0.429. The van der Waals surface area contributed by atoms with Gasteiger partial charge in [-0.2, -0.15) is 0 Å². The van der Waals surface area contributed by atoms with Crippen molar-refractivity contribution in [2.45, 2.75) is 39.3 Å². The Hall–Kier alpha value is -1.06. The van der Waals surface area contributed by atoms with E-state index in [4.69, 9.17) is 0 Å². The molecule has 1 fully saturated rings. The van der Waals surface area contributed by atoms with Gasteiger partial charge in [0.1, 0.15) is 5.75 Å². The first-order valence-corrected chi connectivity index (χ1v) is 7.31. The SMILES string of the molecule is CCC1CN(C)CCCN1Cc1cc(C)ccc1O. The van der Waals surface area contributed by atoms with Crippen LogP contribution in [0, 0.1) is 6.92 Å². The standard InChI is InChI=1S/C16H26N2O/c1-4-15-12-17(3)8-5-9-18(15)11-14-10-13(2)6-7-16(14)19/h6-7,10,15,19H,4-5,8-9,11-12H2,1-3H3. The van der Waals surface area contributed by atoms with Crippen LogP contribution in [0.25, 0.3) is 0 Å². The summed E-state index contributed by atoms with van der Waals surface area (Å²) >= 11 is 0. The molecule has 2 rings (SSSR count). The molecule has 1 unspecified atom stereocenters. The predicted molar refractivity (Wildman–Crippen MR) is 79.4 cm³/mol. The molecule has 1 aliphatic heterocycles. The summed E-state index contributed by atoms with van der Waals surface area (Å²) in [6.45, 7) is 8.62. The topological polar surface area (TPSA) is 26.7 Å². The molecule has 0 bridgehead atoms. The Morgan fingerprint density at radius 1 is 1.32 bits per heavy atom. The minimum Gasteiger partial charge on any atom is -0.508 e. The van der Waals surface area contributed by atoms with Crippen LogP contribution in [-0.4, -0.2) is 47.6 Å². The van der Waals surface area contributed by atoms with Gasteiger partial charge in [0, 0.05) is 31.2 Å². The molecule has 0 spiro atoms. The van der Waals surface area contributed by atoms with E-state index in [0.717, 1.165) is 31.6 Å². The highest BCUT2D eigenvalue weighted by atomic mass is 16.3. The summed E-state index contributed by atoms with van der Waals surface area (Å²) in [5.41, 5.74) is 2.27. The summed E-state index contributed by atoms with van der Waals surface area (Å²) in [5, 5.41) is 10.0. The number of likely N-dealkylation sites (N-methyl/N-ethyl adjacent to an activating group) is 1. The van der Waals surface area contributed by atoms with E-state index in [0.29, 0.717) is 11.8 Å². The minimum atomic E-state index is 0.429. The Balaban J connectivity index is 2.13. The molecule has 1 atom stereocenters. The van der Waals surface area contributed by atoms with E-state index in [1.165, 1.54) is 18.5 Å². The molecule has 1 N–H and O–H groups in total. The molecular formula is C16H26N2O. The van der Waals surface area contributed by atoms with Gasteiger partial charge >= 0.3 is 0 Å². The van der Waals surface area contributed by atoms with Crippen molar-refractivity contribution >= 4 is 0 Å². The van der Waals surface area contributed by atoms with Gasteiger partial charge in [0.25, 0.3) is 0 Å². The van der Waals surface area contributed by atoms with Crippen LogP contribution in [0.3, 0.4) is 0 Å². The first kappa shape index (κ1) is 14.4. The fourth-order valence-corrected chi connectivity index (χ4v) is 2.95. The fraction of sp³-hybridized carbons (Fsp3) is 0.625. The van der Waals surface area contributed by atoms with Gasteiger partial charge < -0.3 is 10.0 Å². The molecule has 1 aromatic rings. The molecule has 1 saturated heterocycles. The molecule has 0 amide bonds. The molecule has 3 heteroatoms. The molecule has 0 aliphatic carbocycles. The number of phenolic OH excluding ortho intramolecular Hbond substituents is 1. The molecule has 0 saturated carbocycles. The van der Waals surface area contributed by atoms with Crippen LogP contribution in [0.5, 0.6) is 5.75 Å². The lowest BCUT2D eigenvalue weighted by Crippen LogP contribution is -2.39. The van der Waals surface area contributed by atoms with Gasteiger partial charge in [0.2, 0.25) is 0 Å². The van der Waals surface area contributed by atoms with E-state index in [-0.39, 0.29) is 0 Å². The first-order chi connectivity index (χ1) is 9.10. The molecule has 1 heterocycles. The highest BCUT2D eigenvalue weighted by Gasteiger charge is 2.22. The van der Waals surface area contributed by atoms with Crippen LogP contribution in [0.15, 0.2) is 18.2 Å². The molecule has 0 aromatic heterocycles. The van der Waals surface area contributed by atoms with Crippen LogP contribution < -0.4 is 0 Å². The maximum absolute atomic E-state index is 10.0. The van der Waals surface area contributed by atoms with Crippen LogP contribution in [0.4, 0.5) is 0 Å². The number of rotatable bonds is 3. The number of nitrogens with zero attached hydrogens (tertiary/aromatic N) is 2. The largest absolute Gasteiger partial charge is 0.508 e. The van der Waals surface area contributed by atoms with Gasteiger partial charge in [-0.15, -0.1) is 0 Å². The van der Waals surface area contributed by atoms with E-state index in [1.54, 1.807) is 0 Å². The van der Waals surface area contributed by atoms with Crippen LogP contribution in [0.2, 0.25) is 0 Å². The number of aromatic hydroxyl groups is 1. The van der Waals surface area contributed by atoms with Gasteiger partial charge in [-0.05, 0) is 39.4 Å². The molecule has 3 nitrogen and oxygen atoms in total. The number of hydrogen-bond donors (Lipinski definition) is 1. The Morgan fingerprint density at radius 3 is 2.84 bits per heavy atom. The molecule has 19 heavy (non-hydrogen) atoms. The van der Waals surface area contributed by atoms with Gasteiger partial charge in [0.05, 0.1) is 0 Å². The third kappa shape index (κ3) is 3.71. The summed E-state index contributed by atoms with van der Waals surface area (Å²) in [4.78, 5) is 4.95. The maximum Gasteiger partial charge on any atom is 0.120 e. The summed E-state index contributed by atoms with van der Waals surface area (Å²) in [7, 11) is 2.20. The number of phenols is 1. The lowest BCUT2D eigenvalue weighted by molar-refractivity contribution is 0.174. The second-order valence-corrected chi connectivity index (χ2v) is 5.78. The summed E-state index contributed by atoms with van der Waals surface area (Å²) in [6.07, 6.45) is 2.37. The van der Waals surface area contributed by atoms with Crippen molar-refractivity contribution < 1.29 is 5.11 Å². The highest BCUT2D eigenvalue weighted by molar-refractivity contribution is 5.35. The Bertz CT molecular complexity index is 419. The van der Waals surface area contributed by atoms with E-state index in [9.17, 15) is 5.11 Å². The highest BCUT2D eigenvalue weighted by Crippen LogP contribution is 2.23. The number of hydrogen-bond acceptors (Lipinski definition) is 3. The molecule has 1 aromatic carbocycles. The van der Waals surface area contributed by atoms with Crippen LogP contribution >= 0.6 is 0 Å². The average molecular weight is 262 g/mol. The molecule has 0 radical (unpaired) electrons. The molecular weight excluding hydrogens is 236 g/mol. The van der Waals surface area contributed by atoms with Gasteiger partial charge in [-0.3, -0.25) is 4.90 Å². The number of aryl methyl sites for hydroxylation is 1. The summed E-state index contributed by atoms with van der Waals surface area (Å²) < 4.78 is 0. The molecule has 1 aliphatic rings. The summed E-state index contributed by atoms with van der Waals surface area (Å²) in [6, 6.07) is 6.48. The van der Waals surface area contributed by atoms with Crippen molar-refractivity contribution in [3.63, 3.8) is 0 Å². The van der Waals surface area contributed by atoms with Crippen molar-refractivity contribution in [1.82, 2.24) is 9.80 Å². The van der Waals surface area contributed by atoms with Crippen molar-refractivity contribution in [3.8, 4) is 5.75 Å². The zero-order chi connectivity index (χ0) is 13.8. The Morgan fingerprint density at radius 2 is 2.11 bits per heavy atom. The minimum absolute atomic E-state index is 0.429. The first-order valence-electron chi connectivity index (χ1n) is 7.31. The second kappa shape index (κ2) is 6.40. The van der Waals surface area contributed by atoms with Crippen LogP contribution in [-0.2, 0) is 6.54 Å². The van der Waals surface area contributed by atoms with Crippen molar-refractivity contribution in [3.05, 3.63) is 29.3 Å². The fourth-order valence-electron chi connectivity index (χ4n) is 2.95.